The summed E-state index contributed by atoms with van der Waals surface area (Å²) in [6.07, 6.45) is 1.76. The number of unbranched alkanes of at least 4 members (excludes halogenated alkanes) is 1. The SMILES string of the molecule is CCCCN(C(=O)CN1CC(c2cc(OC)c3c(c2)OCO3)C(C(=O)O)C1CC(C)(C)C1OCCO1)c1cccc(CN)c1. The van der Waals surface area contributed by atoms with Crippen LogP contribution in [-0.2, 0) is 25.6 Å². The number of carbonyl (C=O) groups excluding carboxylic acids is 1. The van der Waals surface area contributed by atoms with Gasteiger partial charge in [0.05, 0.1) is 32.8 Å². The van der Waals surface area contributed by atoms with E-state index in [1.54, 1.807) is 12.0 Å². The Morgan fingerprint density at radius 2 is 1.93 bits per heavy atom. The number of rotatable bonds is 13. The molecule has 3 unspecified atom stereocenters. The molecule has 11 nitrogen and oxygen atoms in total. The zero-order valence-corrected chi connectivity index (χ0v) is 26.1. The van der Waals surface area contributed by atoms with Crippen molar-refractivity contribution in [3.63, 3.8) is 0 Å². The fourth-order valence-corrected chi connectivity index (χ4v) is 6.72. The second-order valence-electron chi connectivity index (χ2n) is 12.5. The lowest BCUT2D eigenvalue weighted by Crippen LogP contribution is -2.47. The summed E-state index contributed by atoms with van der Waals surface area (Å²) in [6.45, 7) is 8.58. The lowest BCUT2D eigenvalue weighted by molar-refractivity contribution is -0.147. The number of carbonyl (C=O) groups is 2. The van der Waals surface area contributed by atoms with E-state index in [0.717, 1.165) is 29.7 Å². The van der Waals surface area contributed by atoms with Crippen molar-refractivity contribution >= 4 is 17.6 Å². The van der Waals surface area contributed by atoms with Crippen molar-refractivity contribution < 1.29 is 38.4 Å². The molecule has 0 aliphatic carbocycles. The van der Waals surface area contributed by atoms with Gasteiger partial charge < -0.3 is 39.4 Å². The van der Waals surface area contributed by atoms with Gasteiger partial charge in [0.25, 0.3) is 0 Å². The third-order valence-electron chi connectivity index (χ3n) is 8.97. The van der Waals surface area contributed by atoms with Crippen molar-refractivity contribution in [1.82, 2.24) is 4.90 Å². The minimum Gasteiger partial charge on any atom is -0.493 e. The lowest BCUT2D eigenvalue weighted by atomic mass is 9.77. The first kappa shape index (κ1) is 32.0. The molecule has 2 aromatic rings. The predicted octanol–water partition coefficient (Wildman–Crippen LogP) is 3.97. The van der Waals surface area contributed by atoms with E-state index in [1.165, 1.54) is 0 Å². The maximum Gasteiger partial charge on any atom is 0.308 e. The number of nitrogens with two attached hydrogens (primary N) is 1. The Kier molecular flexibility index (Phi) is 9.99. The van der Waals surface area contributed by atoms with E-state index in [4.69, 9.17) is 29.4 Å². The summed E-state index contributed by atoms with van der Waals surface area (Å²) in [5.41, 5.74) is 7.91. The highest BCUT2D eigenvalue weighted by atomic mass is 16.7. The van der Waals surface area contributed by atoms with Crippen molar-refractivity contribution in [1.29, 1.82) is 0 Å². The fraction of sp³-hybridized carbons (Fsp3) is 0.576. The van der Waals surface area contributed by atoms with Crippen LogP contribution in [0.2, 0.25) is 0 Å². The van der Waals surface area contributed by atoms with E-state index in [1.807, 2.05) is 55.1 Å². The number of amides is 1. The Morgan fingerprint density at radius 1 is 1.16 bits per heavy atom. The van der Waals surface area contributed by atoms with Crippen LogP contribution in [0.15, 0.2) is 36.4 Å². The third kappa shape index (κ3) is 6.66. The van der Waals surface area contributed by atoms with Gasteiger partial charge in [0.1, 0.15) is 0 Å². The normalized spacial score (nSPS) is 22.0. The van der Waals surface area contributed by atoms with Crippen molar-refractivity contribution in [3.8, 4) is 17.2 Å². The highest BCUT2D eigenvalue weighted by molar-refractivity contribution is 5.95. The molecule has 3 heterocycles. The first-order valence-corrected chi connectivity index (χ1v) is 15.4. The molecule has 2 fully saturated rings. The predicted molar refractivity (Wildman–Crippen MR) is 164 cm³/mol. The van der Waals surface area contributed by atoms with Gasteiger partial charge >= 0.3 is 5.97 Å². The van der Waals surface area contributed by atoms with Gasteiger partial charge in [-0.1, -0.05) is 39.3 Å². The Labute approximate surface area is 259 Å². The number of benzene rings is 2. The summed E-state index contributed by atoms with van der Waals surface area (Å²) in [7, 11) is 1.55. The molecule has 3 N–H and O–H groups in total. The summed E-state index contributed by atoms with van der Waals surface area (Å²) < 4.78 is 28.6. The summed E-state index contributed by atoms with van der Waals surface area (Å²) in [6, 6.07) is 10.9. The molecule has 0 saturated carbocycles. The Balaban J connectivity index is 1.50. The van der Waals surface area contributed by atoms with Gasteiger partial charge in [-0.05, 0) is 48.2 Å². The minimum absolute atomic E-state index is 0.0612. The topological polar surface area (TPSA) is 133 Å². The van der Waals surface area contributed by atoms with Crippen LogP contribution >= 0.6 is 0 Å². The molecule has 240 valence electrons. The quantitative estimate of drug-likeness (QED) is 0.343. The number of ether oxygens (including phenoxy) is 5. The van der Waals surface area contributed by atoms with Crippen LogP contribution in [0.25, 0.3) is 0 Å². The van der Waals surface area contributed by atoms with Crippen molar-refractivity contribution in [2.75, 3.05) is 51.7 Å². The van der Waals surface area contributed by atoms with Crippen LogP contribution in [0.5, 0.6) is 17.2 Å². The van der Waals surface area contributed by atoms with Crippen LogP contribution in [-0.4, -0.2) is 81.0 Å². The van der Waals surface area contributed by atoms with Crippen LogP contribution in [0.1, 0.15) is 57.1 Å². The summed E-state index contributed by atoms with van der Waals surface area (Å²) >= 11 is 0. The summed E-state index contributed by atoms with van der Waals surface area (Å²) in [5.74, 6) is -0.728. The molecule has 2 saturated heterocycles. The standard InChI is InChI=1S/C33H45N3O8/c1-5-6-10-36(23-9-7-8-21(13-23)17-34)28(37)19-35-18-24(22-14-26(40-4)30-27(15-22)43-20-44-30)29(31(38)39)25(35)16-33(2,3)32-41-11-12-42-32/h7-9,13-15,24-25,29,32H,5-6,10-12,16-20,34H2,1-4H3,(H,38,39). The van der Waals surface area contributed by atoms with Gasteiger partial charge in [0.2, 0.25) is 18.4 Å². The highest BCUT2D eigenvalue weighted by Crippen LogP contribution is 2.49. The second-order valence-corrected chi connectivity index (χ2v) is 12.5. The van der Waals surface area contributed by atoms with Gasteiger partial charge in [0, 0.05) is 42.7 Å². The first-order chi connectivity index (χ1) is 21.2. The van der Waals surface area contributed by atoms with Crippen molar-refractivity contribution in [2.45, 2.75) is 64.8 Å². The zero-order valence-electron chi connectivity index (χ0n) is 26.1. The van der Waals surface area contributed by atoms with E-state index >= 15 is 0 Å². The van der Waals surface area contributed by atoms with Crippen LogP contribution in [0.3, 0.4) is 0 Å². The Bertz CT molecular complexity index is 1330. The molecule has 3 aliphatic rings. The average Bonchev–Trinajstić information content (AvgIpc) is 3.78. The second kappa shape index (κ2) is 13.7. The van der Waals surface area contributed by atoms with E-state index in [2.05, 4.69) is 6.92 Å². The number of carboxylic acid groups (broad SMARTS) is 1. The van der Waals surface area contributed by atoms with E-state index in [0.29, 0.717) is 56.5 Å². The molecule has 0 radical (unpaired) electrons. The van der Waals surface area contributed by atoms with E-state index in [9.17, 15) is 14.7 Å². The van der Waals surface area contributed by atoms with Crippen molar-refractivity contribution in [3.05, 3.63) is 47.5 Å². The molecule has 1 amide bonds. The Morgan fingerprint density at radius 3 is 2.61 bits per heavy atom. The molecule has 44 heavy (non-hydrogen) atoms. The maximum absolute atomic E-state index is 14.1. The number of fused-ring (bicyclic) bond motifs is 1. The van der Waals surface area contributed by atoms with E-state index in [-0.39, 0.29) is 19.2 Å². The smallest absolute Gasteiger partial charge is 0.308 e. The zero-order chi connectivity index (χ0) is 31.4. The first-order valence-electron chi connectivity index (χ1n) is 15.4. The molecule has 11 heteroatoms. The fourth-order valence-electron chi connectivity index (χ4n) is 6.72. The number of methoxy groups -OCH3 is 1. The molecule has 5 rings (SSSR count). The number of aliphatic carboxylic acids is 1. The lowest BCUT2D eigenvalue weighted by Gasteiger charge is -2.37. The largest absolute Gasteiger partial charge is 0.493 e. The van der Waals surface area contributed by atoms with Gasteiger partial charge in [0.15, 0.2) is 17.8 Å². The van der Waals surface area contributed by atoms with Gasteiger partial charge in [-0.2, -0.15) is 0 Å². The highest BCUT2D eigenvalue weighted by Gasteiger charge is 2.51. The molecule has 3 atom stereocenters. The molecule has 0 aromatic heterocycles. The molecule has 0 spiro atoms. The summed E-state index contributed by atoms with van der Waals surface area (Å²) in [5, 5.41) is 10.7. The molecule has 2 aromatic carbocycles. The number of hydrogen-bond acceptors (Lipinski definition) is 9. The van der Waals surface area contributed by atoms with Crippen LogP contribution in [0.4, 0.5) is 5.69 Å². The number of hydrogen-bond donors (Lipinski definition) is 2. The average molecular weight is 612 g/mol. The van der Waals surface area contributed by atoms with Crippen molar-refractivity contribution in [2.24, 2.45) is 17.1 Å². The molecular weight excluding hydrogens is 566 g/mol. The molecule has 0 bridgehead atoms. The molecule has 3 aliphatic heterocycles. The Hall–Kier alpha value is -3.38. The monoisotopic (exact) mass is 611 g/mol. The number of nitrogens with zero attached hydrogens (tertiary/aromatic N) is 2. The van der Waals surface area contributed by atoms with Gasteiger partial charge in [-0.15, -0.1) is 0 Å². The molecular formula is C33H45N3O8. The number of likely N-dealkylation sites (tertiary alicyclic amines) is 1. The summed E-state index contributed by atoms with van der Waals surface area (Å²) in [4.78, 5) is 31.1. The van der Waals surface area contributed by atoms with Gasteiger partial charge in [-0.3, -0.25) is 14.5 Å². The maximum atomic E-state index is 14.1. The third-order valence-corrected chi connectivity index (χ3v) is 8.97. The van der Waals surface area contributed by atoms with Crippen LogP contribution < -0.4 is 24.8 Å². The van der Waals surface area contributed by atoms with E-state index < -0.39 is 35.6 Å². The number of anilines is 1. The minimum atomic E-state index is -0.922. The van der Waals surface area contributed by atoms with Gasteiger partial charge in [-0.25, -0.2) is 0 Å². The van der Waals surface area contributed by atoms with Crippen LogP contribution in [0, 0.1) is 11.3 Å². The number of carboxylic acids is 1.